The first-order valence-corrected chi connectivity index (χ1v) is 10.7. The van der Waals surface area contributed by atoms with Gasteiger partial charge < -0.3 is 14.4 Å². The Bertz CT molecular complexity index is 1040. The molecule has 1 N–H and O–H groups in total. The van der Waals surface area contributed by atoms with E-state index in [1.54, 1.807) is 18.3 Å². The standard InChI is InChI=1S/C25H27FN2O3/c1-16(2)23-14-22(18-4-3-10-27-15-18)25(17-5-7-19(26)8-6-17)28(23)11-9-21-12-20(29)13-24(30)31-21/h3-8,10,14-16,20-21,29H,9,11-13H2,1-2H3/t20-,21-/m1/s1. The minimum Gasteiger partial charge on any atom is -0.462 e. The zero-order chi connectivity index (χ0) is 22.0. The number of halogens is 1. The third kappa shape index (κ3) is 4.69. The largest absolute Gasteiger partial charge is 0.462 e. The van der Waals surface area contributed by atoms with Gasteiger partial charge in [0.05, 0.1) is 18.2 Å². The van der Waals surface area contributed by atoms with Gasteiger partial charge in [-0.1, -0.05) is 19.9 Å². The molecule has 0 bridgehead atoms. The first-order chi connectivity index (χ1) is 14.9. The summed E-state index contributed by atoms with van der Waals surface area (Å²) in [5, 5.41) is 9.95. The quantitative estimate of drug-likeness (QED) is 0.572. The van der Waals surface area contributed by atoms with Crippen LogP contribution in [0.3, 0.4) is 0 Å². The van der Waals surface area contributed by atoms with E-state index in [2.05, 4.69) is 29.5 Å². The molecule has 4 rings (SSSR count). The average molecular weight is 423 g/mol. The summed E-state index contributed by atoms with van der Waals surface area (Å²) in [5.74, 6) is -0.378. The van der Waals surface area contributed by atoms with Crippen molar-refractivity contribution in [3.8, 4) is 22.4 Å². The van der Waals surface area contributed by atoms with Gasteiger partial charge >= 0.3 is 5.97 Å². The van der Waals surface area contributed by atoms with Gasteiger partial charge in [-0.2, -0.15) is 0 Å². The molecule has 0 aliphatic carbocycles. The number of hydrogen-bond acceptors (Lipinski definition) is 4. The molecule has 0 spiro atoms. The fourth-order valence-corrected chi connectivity index (χ4v) is 4.26. The number of aliphatic hydroxyl groups is 1. The molecule has 0 saturated carbocycles. The summed E-state index contributed by atoms with van der Waals surface area (Å²) in [6.07, 6.45) is 3.71. The number of aliphatic hydroxyl groups excluding tert-OH is 1. The Kier molecular flexibility index (Phi) is 6.18. The van der Waals surface area contributed by atoms with E-state index >= 15 is 0 Å². The average Bonchev–Trinajstić information content (AvgIpc) is 3.12. The fraction of sp³-hybridized carbons (Fsp3) is 0.360. The van der Waals surface area contributed by atoms with Gasteiger partial charge in [-0.15, -0.1) is 0 Å². The molecule has 31 heavy (non-hydrogen) atoms. The predicted octanol–water partition coefficient (Wildman–Crippen LogP) is 4.94. The molecule has 1 aromatic carbocycles. The number of esters is 1. The molecule has 0 amide bonds. The second-order valence-electron chi connectivity index (χ2n) is 8.38. The lowest BCUT2D eigenvalue weighted by Gasteiger charge is -2.27. The van der Waals surface area contributed by atoms with Crippen LogP contribution in [0.4, 0.5) is 4.39 Å². The van der Waals surface area contributed by atoms with Gasteiger partial charge in [0.2, 0.25) is 0 Å². The number of rotatable bonds is 6. The number of aromatic nitrogens is 2. The molecular weight excluding hydrogens is 395 g/mol. The van der Waals surface area contributed by atoms with Crippen molar-refractivity contribution in [2.75, 3.05) is 0 Å². The molecular formula is C25H27FN2O3. The van der Waals surface area contributed by atoms with Crippen LogP contribution in [0.5, 0.6) is 0 Å². The lowest BCUT2D eigenvalue weighted by atomic mass is 10.0. The first kappa shape index (κ1) is 21.2. The summed E-state index contributed by atoms with van der Waals surface area (Å²) in [6, 6.07) is 12.6. The van der Waals surface area contributed by atoms with Gasteiger partial charge in [-0.25, -0.2) is 4.39 Å². The molecule has 3 heterocycles. The second-order valence-corrected chi connectivity index (χ2v) is 8.38. The molecule has 2 aromatic heterocycles. The number of carbonyl (C=O) groups excluding carboxylic acids is 1. The molecule has 0 radical (unpaired) electrons. The Morgan fingerprint density at radius 2 is 2.00 bits per heavy atom. The van der Waals surface area contributed by atoms with Crippen molar-refractivity contribution in [1.82, 2.24) is 9.55 Å². The van der Waals surface area contributed by atoms with E-state index in [4.69, 9.17) is 4.74 Å². The Morgan fingerprint density at radius 3 is 2.65 bits per heavy atom. The number of cyclic esters (lactones) is 1. The van der Waals surface area contributed by atoms with Gasteiger partial charge in [-0.05, 0) is 47.9 Å². The maximum absolute atomic E-state index is 13.6. The summed E-state index contributed by atoms with van der Waals surface area (Å²) in [7, 11) is 0. The highest BCUT2D eigenvalue weighted by atomic mass is 19.1. The van der Waals surface area contributed by atoms with Crippen LogP contribution in [0, 0.1) is 5.82 Å². The lowest BCUT2D eigenvalue weighted by Crippen LogP contribution is -2.33. The molecule has 1 aliphatic rings. The van der Waals surface area contributed by atoms with Crippen molar-refractivity contribution in [2.45, 2.75) is 57.8 Å². The molecule has 0 unspecified atom stereocenters. The lowest BCUT2D eigenvalue weighted by molar-refractivity contribution is -0.160. The van der Waals surface area contributed by atoms with E-state index in [9.17, 15) is 14.3 Å². The highest BCUT2D eigenvalue weighted by Crippen LogP contribution is 2.38. The summed E-state index contributed by atoms with van der Waals surface area (Å²) < 4.78 is 21.3. The number of benzene rings is 1. The van der Waals surface area contributed by atoms with Gasteiger partial charge in [0.15, 0.2) is 0 Å². The second kappa shape index (κ2) is 9.02. The smallest absolute Gasteiger partial charge is 0.308 e. The highest BCUT2D eigenvalue weighted by Gasteiger charge is 2.28. The number of pyridine rings is 1. The van der Waals surface area contributed by atoms with E-state index in [0.717, 1.165) is 28.1 Å². The maximum atomic E-state index is 13.6. The van der Waals surface area contributed by atoms with Crippen molar-refractivity contribution < 1.29 is 19.0 Å². The maximum Gasteiger partial charge on any atom is 0.308 e. The van der Waals surface area contributed by atoms with E-state index in [0.29, 0.717) is 19.4 Å². The van der Waals surface area contributed by atoms with Crippen molar-refractivity contribution in [3.05, 3.63) is 66.4 Å². The molecule has 1 saturated heterocycles. The van der Waals surface area contributed by atoms with Crippen LogP contribution in [-0.4, -0.2) is 32.8 Å². The van der Waals surface area contributed by atoms with Gasteiger partial charge in [0.25, 0.3) is 0 Å². The predicted molar refractivity (Wildman–Crippen MR) is 117 cm³/mol. The Morgan fingerprint density at radius 1 is 1.23 bits per heavy atom. The minimum atomic E-state index is -0.650. The van der Waals surface area contributed by atoms with E-state index in [-0.39, 0.29) is 30.2 Å². The molecule has 1 fully saturated rings. The van der Waals surface area contributed by atoms with Crippen molar-refractivity contribution >= 4 is 5.97 Å². The normalized spacial score (nSPS) is 18.9. The third-order valence-electron chi connectivity index (χ3n) is 5.72. The number of ether oxygens (including phenoxy) is 1. The van der Waals surface area contributed by atoms with Crippen LogP contribution in [0.25, 0.3) is 22.4 Å². The van der Waals surface area contributed by atoms with Crippen LogP contribution < -0.4 is 0 Å². The van der Waals surface area contributed by atoms with Gasteiger partial charge in [0, 0.05) is 48.6 Å². The number of carbonyl (C=O) groups is 1. The van der Waals surface area contributed by atoms with Gasteiger partial charge in [0.1, 0.15) is 11.9 Å². The highest BCUT2D eigenvalue weighted by molar-refractivity contribution is 5.82. The Hall–Kier alpha value is -2.99. The minimum absolute atomic E-state index is 0.0588. The molecule has 2 atom stereocenters. The van der Waals surface area contributed by atoms with E-state index in [1.165, 1.54) is 12.1 Å². The monoisotopic (exact) mass is 422 g/mol. The summed E-state index contributed by atoms with van der Waals surface area (Å²) in [5.41, 5.74) is 5.05. The van der Waals surface area contributed by atoms with Crippen LogP contribution in [0.15, 0.2) is 54.9 Å². The van der Waals surface area contributed by atoms with Crippen molar-refractivity contribution in [3.63, 3.8) is 0 Å². The van der Waals surface area contributed by atoms with Crippen LogP contribution in [0.1, 0.15) is 44.7 Å². The third-order valence-corrected chi connectivity index (χ3v) is 5.72. The summed E-state index contributed by atoms with van der Waals surface area (Å²) in [4.78, 5) is 16.0. The molecule has 1 aliphatic heterocycles. The van der Waals surface area contributed by atoms with Crippen molar-refractivity contribution in [1.29, 1.82) is 0 Å². The SMILES string of the molecule is CC(C)c1cc(-c2cccnc2)c(-c2ccc(F)cc2)n1CC[C@@H]1C[C@@H](O)CC(=O)O1. The number of hydrogen-bond donors (Lipinski definition) is 1. The van der Waals surface area contributed by atoms with E-state index in [1.807, 2.05) is 18.3 Å². The van der Waals surface area contributed by atoms with Crippen LogP contribution in [-0.2, 0) is 16.1 Å². The summed E-state index contributed by atoms with van der Waals surface area (Å²) in [6.45, 7) is 4.89. The molecule has 6 heteroatoms. The van der Waals surface area contributed by atoms with Crippen molar-refractivity contribution in [2.24, 2.45) is 0 Å². The van der Waals surface area contributed by atoms with Crippen LogP contribution in [0.2, 0.25) is 0 Å². The first-order valence-electron chi connectivity index (χ1n) is 10.7. The zero-order valence-corrected chi connectivity index (χ0v) is 17.8. The molecule has 162 valence electrons. The Labute approximate surface area is 181 Å². The summed E-state index contributed by atoms with van der Waals surface area (Å²) >= 11 is 0. The van der Waals surface area contributed by atoms with E-state index < -0.39 is 6.10 Å². The van der Waals surface area contributed by atoms with Gasteiger partial charge in [-0.3, -0.25) is 9.78 Å². The molecule has 5 nitrogen and oxygen atoms in total. The number of nitrogens with zero attached hydrogens (tertiary/aromatic N) is 2. The Balaban J connectivity index is 1.77. The molecule has 3 aromatic rings. The fourth-order valence-electron chi connectivity index (χ4n) is 4.26. The van der Waals surface area contributed by atoms with Crippen LogP contribution >= 0.6 is 0 Å². The topological polar surface area (TPSA) is 64.3 Å². The zero-order valence-electron chi connectivity index (χ0n) is 17.8.